The summed E-state index contributed by atoms with van der Waals surface area (Å²) in [6.45, 7) is -0.512. The lowest BCUT2D eigenvalue weighted by Gasteiger charge is -2.09. The van der Waals surface area contributed by atoms with Crippen LogP contribution in [0.15, 0.2) is 53.6 Å². The number of hydrazone groups is 1. The van der Waals surface area contributed by atoms with E-state index in [4.69, 9.17) is 4.74 Å². The molecule has 126 valence electrons. The fourth-order valence-corrected chi connectivity index (χ4v) is 1.71. The number of amides is 1. The molecule has 2 aromatic carbocycles. The van der Waals surface area contributed by atoms with Crippen LogP contribution < -0.4 is 10.2 Å². The van der Waals surface area contributed by atoms with Crippen molar-refractivity contribution in [2.45, 2.75) is 6.18 Å². The SMILES string of the molecule is O=C(COc1cccc(C(F)(F)F)c1)N/N=C/c1cccc(F)c1. The van der Waals surface area contributed by atoms with Gasteiger partial charge in [-0.2, -0.15) is 18.3 Å². The number of benzene rings is 2. The van der Waals surface area contributed by atoms with Crippen molar-refractivity contribution < 1.29 is 27.1 Å². The van der Waals surface area contributed by atoms with Crippen molar-refractivity contribution in [2.75, 3.05) is 6.61 Å². The number of ether oxygens (including phenoxy) is 1. The second-order valence-corrected chi connectivity index (χ2v) is 4.66. The van der Waals surface area contributed by atoms with Crippen LogP contribution in [0, 0.1) is 5.82 Å². The molecule has 0 spiro atoms. The van der Waals surface area contributed by atoms with Gasteiger partial charge in [0.2, 0.25) is 0 Å². The van der Waals surface area contributed by atoms with Crippen LogP contribution in [0.5, 0.6) is 5.75 Å². The fraction of sp³-hybridized carbons (Fsp3) is 0.125. The third kappa shape index (κ3) is 5.38. The Balaban J connectivity index is 1.85. The molecule has 0 fully saturated rings. The Kier molecular flexibility index (Phi) is 5.51. The van der Waals surface area contributed by atoms with Crippen molar-refractivity contribution in [3.8, 4) is 5.75 Å². The molecule has 0 atom stereocenters. The zero-order valence-electron chi connectivity index (χ0n) is 12.2. The lowest BCUT2D eigenvalue weighted by molar-refractivity contribution is -0.137. The summed E-state index contributed by atoms with van der Waals surface area (Å²) < 4.78 is 55.5. The van der Waals surface area contributed by atoms with Gasteiger partial charge in [-0.05, 0) is 35.9 Å². The van der Waals surface area contributed by atoms with Crippen molar-refractivity contribution in [3.63, 3.8) is 0 Å². The van der Waals surface area contributed by atoms with E-state index in [0.717, 1.165) is 12.1 Å². The minimum absolute atomic E-state index is 0.0888. The molecule has 0 aliphatic carbocycles. The van der Waals surface area contributed by atoms with Gasteiger partial charge in [0.1, 0.15) is 11.6 Å². The van der Waals surface area contributed by atoms with Crippen LogP contribution in [0.1, 0.15) is 11.1 Å². The van der Waals surface area contributed by atoms with Crippen LogP contribution in [0.2, 0.25) is 0 Å². The number of hydrogen-bond acceptors (Lipinski definition) is 3. The molecule has 8 heteroatoms. The second-order valence-electron chi connectivity index (χ2n) is 4.66. The molecule has 1 N–H and O–H groups in total. The first-order valence-corrected chi connectivity index (χ1v) is 6.72. The highest BCUT2D eigenvalue weighted by atomic mass is 19.4. The summed E-state index contributed by atoms with van der Waals surface area (Å²) in [7, 11) is 0. The fourth-order valence-electron chi connectivity index (χ4n) is 1.71. The maximum absolute atomic E-state index is 12.9. The smallest absolute Gasteiger partial charge is 0.416 e. The summed E-state index contributed by atoms with van der Waals surface area (Å²) in [5.41, 5.74) is 1.69. The number of alkyl halides is 3. The number of carbonyl (C=O) groups is 1. The molecule has 0 radical (unpaired) electrons. The molecule has 4 nitrogen and oxygen atoms in total. The van der Waals surface area contributed by atoms with Crippen LogP contribution in [-0.2, 0) is 11.0 Å². The molecule has 1 amide bonds. The Bertz CT molecular complexity index is 745. The number of nitrogens with one attached hydrogen (secondary N) is 1. The average Bonchev–Trinajstić information content (AvgIpc) is 2.52. The number of nitrogens with zero attached hydrogens (tertiary/aromatic N) is 1. The molecule has 0 aliphatic heterocycles. The van der Waals surface area contributed by atoms with Crippen LogP contribution in [-0.4, -0.2) is 18.7 Å². The first-order chi connectivity index (χ1) is 11.3. The lowest BCUT2D eigenvalue weighted by atomic mass is 10.2. The van der Waals surface area contributed by atoms with Gasteiger partial charge in [-0.25, -0.2) is 9.82 Å². The topological polar surface area (TPSA) is 50.7 Å². The Morgan fingerprint density at radius 3 is 2.62 bits per heavy atom. The van der Waals surface area contributed by atoms with Gasteiger partial charge in [0, 0.05) is 0 Å². The van der Waals surface area contributed by atoms with E-state index in [1.807, 2.05) is 0 Å². The van der Waals surface area contributed by atoms with E-state index in [9.17, 15) is 22.4 Å². The zero-order valence-corrected chi connectivity index (χ0v) is 12.2. The van der Waals surface area contributed by atoms with Crippen LogP contribution in [0.4, 0.5) is 17.6 Å². The molecule has 2 aromatic rings. The van der Waals surface area contributed by atoms with E-state index in [1.165, 1.54) is 36.5 Å². The van der Waals surface area contributed by atoms with E-state index in [0.29, 0.717) is 5.56 Å². The Labute approximate surface area is 134 Å². The number of halogens is 4. The zero-order chi connectivity index (χ0) is 17.6. The Hall–Kier alpha value is -2.90. The largest absolute Gasteiger partial charge is 0.484 e. The summed E-state index contributed by atoms with van der Waals surface area (Å²) in [6.07, 6.45) is -3.26. The minimum atomic E-state index is -4.49. The predicted octanol–water partition coefficient (Wildman–Crippen LogP) is 3.37. The van der Waals surface area contributed by atoms with Crippen LogP contribution >= 0.6 is 0 Å². The standard InChI is InChI=1S/C16H12F4N2O2/c17-13-5-1-3-11(7-13)9-21-22-15(23)10-24-14-6-2-4-12(8-14)16(18,19)20/h1-9H,10H2,(H,22,23)/b21-9+. The normalized spacial score (nSPS) is 11.5. The van der Waals surface area contributed by atoms with E-state index in [1.54, 1.807) is 6.07 Å². The lowest BCUT2D eigenvalue weighted by Crippen LogP contribution is -2.24. The van der Waals surface area contributed by atoms with Gasteiger partial charge in [-0.3, -0.25) is 4.79 Å². The highest BCUT2D eigenvalue weighted by Crippen LogP contribution is 2.31. The number of carbonyl (C=O) groups excluding carboxylic acids is 1. The maximum Gasteiger partial charge on any atom is 0.416 e. The quantitative estimate of drug-likeness (QED) is 0.515. The van der Waals surface area contributed by atoms with Gasteiger partial charge < -0.3 is 4.74 Å². The number of rotatable bonds is 5. The van der Waals surface area contributed by atoms with Gasteiger partial charge in [-0.15, -0.1) is 0 Å². The molecule has 24 heavy (non-hydrogen) atoms. The third-order valence-electron chi connectivity index (χ3n) is 2.78. The Morgan fingerprint density at radius 1 is 1.17 bits per heavy atom. The van der Waals surface area contributed by atoms with Crippen molar-refractivity contribution in [1.82, 2.24) is 5.43 Å². The monoisotopic (exact) mass is 340 g/mol. The molecular weight excluding hydrogens is 328 g/mol. The van der Waals surface area contributed by atoms with Crippen LogP contribution in [0.3, 0.4) is 0 Å². The molecule has 0 aliphatic rings. The number of hydrogen-bond donors (Lipinski definition) is 1. The molecule has 0 bridgehead atoms. The predicted molar refractivity (Wildman–Crippen MR) is 79.1 cm³/mol. The second kappa shape index (κ2) is 7.58. The van der Waals surface area contributed by atoms with Gasteiger partial charge in [0.15, 0.2) is 6.61 Å². The van der Waals surface area contributed by atoms with E-state index in [-0.39, 0.29) is 5.75 Å². The first-order valence-electron chi connectivity index (χ1n) is 6.72. The van der Waals surface area contributed by atoms with Crippen molar-refractivity contribution >= 4 is 12.1 Å². The van der Waals surface area contributed by atoms with Crippen molar-refractivity contribution in [3.05, 3.63) is 65.5 Å². The van der Waals surface area contributed by atoms with Crippen molar-refractivity contribution in [2.24, 2.45) is 5.10 Å². The summed E-state index contributed by atoms with van der Waals surface area (Å²) in [4.78, 5) is 11.5. The summed E-state index contributed by atoms with van der Waals surface area (Å²) >= 11 is 0. The van der Waals surface area contributed by atoms with E-state index >= 15 is 0 Å². The van der Waals surface area contributed by atoms with E-state index < -0.39 is 30.1 Å². The minimum Gasteiger partial charge on any atom is -0.484 e. The van der Waals surface area contributed by atoms with Gasteiger partial charge in [0.05, 0.1) is 11.8 Å². The summed E-state index contributed by atoms with van der Waals surface area (Å²) in [5.74, 6) is -1.20. The maximum atomic E-state index is 12.9. The third-order valence-corrected chi connectivity index (χ3v) is 2.78. The van der Waals surface area contributed by atoms with Gasteiger partial charge >= 0.3 is 6.18 Å². The van der Waals surface area contributed by atoms with Gasteiger partial charge in [0.25, 0.3) is 5.91 Å². The van der Waals surface area contributed by atoms with E-state index in [2.05, 4.69) is 10.5 Å². The molecule has 0 saturated carbocycles. The van der Waals surface area contributed by atoms with Crippen LogP contribution in [0.25, 0.3) is 0 Å². The van der Waals surface area contributed by atoms with Crippen molar-refractivity contribution in [1.29, 1.82) is 0 Å². The molecule has 0 heterocycles. The highest BCUT2D eigenvalue weighted by molar-refractivity contribution is 5.82. The Morgan fingerprint density at radius 2 is 1.92 bits per heavy atom. The average molecular weight is 340 g/mol. The summed E-state index contributed by atoms with van der Waals surface area (Å²) in [5, 5.41) is 3.60. The molecule has 2 rings (SSSR count). The summed E-state index contributed by atoms with van der Waals surface area (Å²) in [6, 6.07) is 9.72. The van der Waals surface area contributed by atoms with Gasteiger partial charge in [-0.1, -0.05) is 18.2 Å². The molecular formula is C16H12F4N2O2. The molecule has 0 aromatic heterocycles. The highest BCUT2D eigenvalue weighted by Gasteiger charge is 2.30. The first kappa shape index (κ1) is 17.5. The molecule has 0 unspecified atom stereocenters. The molecule has 0 saturated heterocycles.